The minimum atomic E-state index is -0.117. The summed E-state index contributed by atoms with van der Waals surface area (Å²) in [7, 11) is 3.67. The van der Waals surface area contributed by atoms with Crippen LogP contribution in [0.15, 0.2) is 4.99 Å². The number of aliphatic imine (C=N–C) groups is 1. The lowest BCUT2D eigenvalue weighted by Gasteiger charge is -2.40. The van der Waals surface area contributed by atoms with Crippen molar-refractivity contribution >= 4 is 29.9 Å². The second kappa shape index (κ2) is 10.8. The molecule has 142 valence electrons. The van der Waals surface area contributed by atoms with Gasteiger partial charge < -0.3 is 19.7 Å². The average Bonchev–Trinajstić information content (AvgIpc) is 2.57. The van der Waals surface area contributed by atoms with Gasteiger partial charge in [0.05, 0.1) is 5.60 Å². The minimum absolute atomic E-state index is 0. The predicted molar refractivity (Wildman–Crippen MR) is 109 cm³/mol. The second-order valence-corrected chi connectivity index (χ2v) is 7.08. The molecule has 0 atom stereocenters. The van der Waals surface area contributed by atoms with Crippen molar-refractivity contribution in [2.24, 2.45) is 10.9 Å². The maximum absolute atomic E-state index is 5.80. The maximum Gasteiger partial charge on any atom is 0.193 e. The quantitative estimate of drug-likeness (QED) is 0.389. The number of rotatable bonds is 5. The van der Waals surface area contributed by atoms with Crippen LogP contribution >= 0.6 is 24.0 Å². The van der Waals surface area contributed by atoms with Gasteiger partial charge >= 0.3 is 0 Å². The molecule has 2 aliphatic heterocycles. The van der Waals surface area contributed by atoms with E-state index < -0.39 is 0 Å². The minimum Gasteiger partial charge on any atom is -0.381 e. The van der Waals surface area contributed by atoms with Crippen molar-refractivity contribution in [3.8, 4) is 0 Å². The van der Waals surface area contributed by atoms with E-state index in [4.69, 9.17) is 9.47 Å². The first-order valence-electron chi connectivity index (χ1n) is 8.89. The highest BCUT2D eigenvalue weighted by atomic mass is 127. The van der Waals surface area contributed by atoms with Crippen LogP contribution in [0.25, 0.3) is 0 Å². The molecule has 0 bridgehead atoms. The lowest BCUT2D eigenvalue weighted by Crippen LogP contribution is -2.56. The van der Waals surface area contributed by atoms with Gasteiger partial charge in [0.15, 0.2) is 5.96 Å². The van der Waals surface area contributed by atoms with Gasteiger partial charge in [0.2, 0.25) is 0 Å². The van der Waals surface area contributed by atoms with Crippen LogP contribution in [-0.4, -0.2) is 88.0 Å². The predicted octanol–water partition coefficient (Wildman–Crippen LogP) is 1.65. The number of guanidine groups is 1. The van der Waals surface area contributed by atoms with E-state index in [0.717, 1.165) is 70.7 Å². The van der Waals surface area contributed by atoms with Crippen LogP contribution in [0.4, 0.5) is 0 Å². The molecule has 0 aliphatic carbocycles. The standard InChI is InChI=1S/C17H34N4O2.HI/c1-15(2)13-20-7-9-21(10-8-20)16(18-3)19-14-17(22-4)5-11-23-12-6-17;/h15H,5-14H2,1-4H3,(H,18,19);1H. The van der Waals surface area contributed by atoms with Crippen LogP contribution in [-0.2, 0) is 9.47 Å². The number of nitrogens with one attached hydrogen (secondary N) is 1. The van der Waals surface area contributed by atoms with Crippen LogP contribution in [0, 0.1) is 5.92 Å². The van der Waals surface area contributed by atoms with Gasteiger partial charge in [0.25, 0.3) is 0 Å². The molecular formula is C17H35IN4O2. The summed E-state index contributed by atoms with van der Waals surface area (Å²) in [5.74, 6) is 1.73. The molecule has 24 heavy (non-hydrogen) atoms. The number of hydrogen-bond acceptors (Lipinski definition) is 4. The average molecular weight is 454 g/mol. The van der Waals surface area contributed by atoms with Crippen LogP contribution in [0.1, 0.15) is 26.7 Å². The summed E-state index contributed by atoms with van der Waals surface area (Å²) >= 11 is 0. The first kappa shape index (κ1) is 21.9. The Labute approximate surface area is 164 Å². The second-order valence-electron chi connectivity index (χ2n) is 7.08. The van der Waals surface area contributed by atoms with E-state index in [9.17, 15) is 0 Å². The summed E-state index contributed by atoms with van der Waals surface area (Å²) < 4.78 is 11.3. The monoisotopic (exact) mass is 454 g/mol. The van der Waals surface area contributed by atoms with Crippen molar-refractivity contribution in [1.29, 1.82) is 0 Å². The van der Waals surface area contributed by atoms with Gasteiger partial charge in [0, 0.05) is 79.5 Å². The molecule has 2 heterocycles. The normalized spacial score (nSPS) is 22.4. The van der Waals surface area contributed by atoms with Gasteiger partial charge in [-0.25, -0.2) is 0 Å². The molecule has 0 aromatic rings. The Morgan fingerprint density at radius 3 is 2.33 bits per heavy atom. The first-order chi connectivity index (χ1) is 11.1. The SMILES string of the molecule is CN=C(NCC1(OC)CCOCC1)N1CCN(CC(C)C)CC1.I. The van der Waals surface area contributed by atoms with E-state index in [1.165, 1.54) is 6.54 Å². The first-order valence-corrected chi connectivity index (χ1v) is 8.89. The summed E-state index contributed by atoms with van der Waals surface area (Å²) in [4.78, 5) is 9.38. The number of nitrogens with zero attached hydrogens (tertiary/aromatic N) is 3. The Balaban J connectivity index is 0.00000288. The van der Waals surface area contributed by atoms with Gasteiger partial charge in [0.1, 0.15) is 0 Å². The highest BCUT2D eigenvalue weighted by Gasteiger charge is 2.33. The fraction of sp³-hybridized carbons (Fsp3) is 0.941. The number of ether oxygens (including phenoxy) is 2. The summed E-state index contributed by atoms with van der Waals surface area (Å²) in [6.07, 6.45) is 1.88. The van der Waals surface area contributed by atoms with Crippen molar-refractivity contribution in [2.75, 3.05) is 66.6 Å². The Hall–Kier alpha value is -0.120. The van der Waals surface area contributed by atoms with Crippen molar-refractivity contribution in [3.05, 3.63) is 0 Å². The molecule has 2 saturated heterocycles. The molecule has 7 heteroatoms. The van der Waals surface area contributed by atoms with Gasteiger partial charge in [-0.05, 0) is 5.92 Å². The van der Waals surface area contributed by atoms with E-state index in [1.54, 1.807) is 7.11 Å². The summed E-state index contributed by atoms with van der Waals surface area (Å²) in [6.45, 7) is 12.4. The maximum atomic E-state index is 5.80. The van der Waals surface area contributed by atoms with Crippen molar-refractivity contribution in [2.45, 2.75) is 32.3 Å². The van der Waals surface area contributed by atoms with Gasteiger partial charge in [-0.3, -0.25) is 9.89 Å². The number of piperazine rings is 1. The van der Waals surface area contributed by atoms with Crippen molar-refractivity contribution in [1.82, 2.24) is 15.1 Å². The van der Waals surface area contributed by atoms with Crippen molar-refractivity contribution in [3.63, 3.8) is 0 Å². The zero-order valence-electron chi connectivity index (χ0n) is 15.7. The summed E-state index contributed by atoms with van der Waals surface area (Å²) in [5, 5.41) is 3.53. The third kappa shape index (κ3) is 6.31. The van der Waals surface area contributed by atoms with Crippen LogP contribution in [0.2, 0.25) is 0 Å². The fourth-order valence-electron chi connectivity index (χ4n) is 3.43. The Morgan fingerprint density at radius 2 is 1.83 bits per heavy atom. The number of hydrogen-bond donors (Lipinski definition) is 1. The molecule has 1 N–H and O–H groups in total. The third-order valence-corrected chi connectivity index (χ3v) is 4.91. The van der Waals surface area contributed by atoms with E-state index in [-0.39, 0.29) is 29.6 Å². The summed E-state index contributed by atoms with van der Waals surface area (Å²) in [5.41, 5.74) is -0.117. The Kier molecular flexibility index (Phi) is 9.84. The molecule has 2 aliphatic rings. The Morgan fingerprint density at radius 1 is 1.21 bits per heavy atom. The molecule has 2 rings (SSSR count). The molecule has 6 nitrogen and oxygen atoms in total. The molecule has 0 spiro atoms. The number of halogens is 1. The smallest absolute Gasteiger partial charge is 0.193 e. The molecular weight excluding hydrogens is 419 g/mol. The highest BCUT2D eigenvalue weighted by Crippen LogP contribution is 2.23. The fourth-order valence-corrected chi connectivity index (χ4v) is 3.43. The van der Waals surface area contributed by atoms with Gasteiger partial charge in [-0.15, -0.1) is 24.0 Å². The van der Waals surface area contributed by atoms with E-state index >= 15 is 0 Å². The lowest BCUT2D eigenvalue weighted by atomic mass is 9.94. The molecule has 0 aromatic carbocycles. The molecule has 0 radical (unpaired) electrons. The van der Waals surface area contributed by atoms with E-state index in [2.05, 4.69) is 34.0 Å². The zero-order valence-corrected chi connectivity index (χ0v) is 18.0. The van der Waals surface area contributed by atoms with Gasteiger partial charge in [-0.2, -0.15) is 0 Å². The lowest BCUT2D eigenvalue weighted by molar-refractivity contribution is -0.0858. The largest absolute Gasteiger partial charge is 0.381 e. The van der Waals surface area contributed by atoms with Crippen LogP contribution < -0.4 is 5.32 Å². The highest BCUT2D eigenvalue weighted by molar-refractivity contribution is 14.0. The topological polar surface area (TPSA) is 49.3 Å². The Bertz CT molecular complexity index is 379. The third-order valence-electron chi connectivity index (χ3n) is 4.91. The molecule has 0 aromatic heterocycles. The molecule has 0 saturated carbocycles. The van der Waals surface area contributed by atoms with Crippen LogP contribution in [0.5, 0.6) is 0 Å². The van der Waals surface area contributed by atoms with E-state index in [1.807, 2.05) is 7.05 Å². The van der Waals surface area contributed by atoms with E-state index in [0.29, 0.717) is 0 Å². The van der Waals surface area contributed by atoms with Crippen LogP contribution in [0.3, 0.4) is 0 Å². The zero-order chi connectivity index (χ0) is 16.7. The molecule has 2 fully saturated rings. The van der Waals surface area contributed by atoms with Crippen molar-refractivity contribution < 1.29 is 9.47 Å². The van der Waals surface area contributed by atoms with Gasteiger partial charge in [-0.1, -0.05) is 13.8 Å². The molecule has 0 amide bonds. The molecule has 0 unspecified atom stereocenters. The summed E-state index contributed by atoms with van der Waals surface area (Å²) in [6, 6.07) is 0. The number of methoxy groups -OCH3 is 1.